The normalized spacial score (nSPS) is 7.79. The Balaban J connectivity index is 0.000000227. The summed E-state index contributed by atoms with van der Waals surface area (Å²) in [7, 11) is 0. The van der Waals surface area contributed by atoms with Crippen molar-refractivity contribution in [1.82, 2.24) is 0 Å². The van der Waals surface area contributed by atoms with E-state index in [4.69, 9.17) is 0 Å². The zero-order chi connectivity index (χ0) is 9.36. The van der Waals surface area contributed by atoms with Crippen molar-refractivity contribution in [3.63, 3.8) is 0 Å². The van der Waals surface area contributed by atoms with Gasteiger partial charge in [0.15, 0.2) is 0 Å². The molecule has 1 heteroatoms. The van der Waals surface area contributed by atoms with Crippen LogP contribution in [-0.4, -0.2) is 0 Å². The molecule has 0 atom stereocenters. The molecule has 0 heterocycles. The van der Waals surface area contributed by atoms with Gasteiger partial charge in [-0.1, -0.05) is 72.3 Å². The van der Waals surface area contributed by atoms with E-state index in [0.29, 0.717) is 0 Å². The van der Waals surface area contributed by atoms with Crippen LogP contribution >= 0.6 is 13.5 Å². The smallest absolute Gasteiger partial charge is 0.0398 e. The molecule has 0 saturated carbocycles. The molecule has 0 aromatic heterocycles. The van der Waals surface area contributed by atoms with Crippen LogP contribution in [0.5, 0.6) is 0 Å². The first-order valence-electron chi connectivity index (χ1n) is 4.41. The van der Waals surface area contributed by atoms with Gasteiger partial charge >= 0.3 is 0 Å². The number of hydrogen-bond acceptors (Lipinski definition) is 0. The van der Waals surface area contributed by atoms with Gasteiger partial charge in [-0.15, -0.1) is 0 Å². The minimum absolute atomic E-state index is 0. The maximum atomic E-state index is 2.08. The molecular formula is C13H16S. The molecule has 0 saturated heterocycles. The van der Waals surface area contributed by atoms with E-state index in [0.717, 1.165) is 0 Å². The van der Waals surface area contributed by atoms with E-state index >= 15 is 0 Å². The SMILES string of the molecule is Cc1ccccc1.S.c1ccccc1. The Morgan fingerprint density at radius 3 is 1.07 bits per heavy atom. The average molecular weight is 204 g/mol. The Kier molecular flexibility index (Phi) is 7.67. The van der Waals surface area contributed by atoms with Crippen molar-refractivity contribution in [1.29, 1.82) is 0 Å². The van der Waals surface area contributed by atoms with Crippen LogP contribution in [0.3, 0.4) is 0 Å². The minimum Gasteiger partial charge on any atom is -0.197 e. The van der Waals surface area contributed by atoms with E-state index in [1.165, 1.54) is 5.56 Å². The molecule has 0 spiro atoms. The van der Waals surface area contributed by atoms with Crippen LogP contribution in [0.25, 0.3) is 0 Å². The molecule has 0 aliphatic carbocycles. The lowest BCUT2D eigenvalue weighted by Crippen LogP contribution is -1.62. The Morgan fingerprint density at radius 2 is 0.857 bits per heavy atom. The third kappa shape index (κ3) is 6.32. The number of aryl methyl sites for hydroxylation is 1. The Labute approximate surface area is 93.1 Å². The van der Waals surface area contributed by atoms with Gasteiger partial charge in [0, 0.05) is 0 Å². The van der Waals surface area contributed by atoms with Crippen LogP contribution in [0.15, 0.2) is 66.7 Å². The van der Waals surface area contributed by atoms with E-state index in [1.54, 1.807) is 0 Å². The molecule has 14 heavy (non-hydrogen) atoms. The monoisotopic (exact) mass is 204 g/mol. The van der Waals surface area contributed by atoms with Crippen LogP contribution in [-0.2, 0) is 0 Å². The molecule has 0 bridgehead atoms. The van der Waals surface area contributed by atoms with Crippen LogP contribution < -0.4 is 0 Å². The topological polar surface area (TPSA) is 0 Å². The van der Waals surface area contributed by atoms with Crippen LogP contribution in [0.2, 0.25) is 0 Å². The highest BCUT2D eigenvalue weighted by Gasteiger charge is 1.72. The zero-order valence-corrected chi connectivity index (χ0v) is 9.35. The molecule has 0 unspecified atom stereocenters. The summed E-state index contributed by atoms with van der Waals surface area (Å²) in [6, 6.07) is 22.3. The summed E-state index contributed by atoms with van der Waals surface area (Å²) in [5.74, 6) is 0. The van der Waals surface area contributed by atoms with Gasteiger partial charge in [-0.3, -0.25) is 0 Å². The molecule has 0 fully saturated rings. The van der Waals surface area contributed by atoms with Gasteiger partial charge < -0.3 is 0 Å². The number of rotatable bonds is 0. The predicted molar refractivity (Wildman–Crippen MR) is 68.0 cm³/mol. The summed E-state index contributed by atoms with van der Waals surface area (Å²) in [4.78, 5) is 0. The van der Waals surface area contributed by atoms with Crippen LogP contribution in [0.1, 0.15) is 5.56 Å². The van der Waals surface area contributed by atoms with Gasteiger partial charge in [0.2, 0.25) is 0 Å². The van der Waals surface area contributed by atoms with Gasteiger partial charge in [0.05, 0.1) is 0 Å². The predicted octanol–water partition coefficient (Wildman–Crippen LogP) is 3.79. The van der Waals surface area contributed by atoms with E-state index in [9.17, 15) is 0 Å². The highest BCUT2D eigenvalue weighted by Crippen LogP contribution is 1.92. The standard InChI is InChI=1S/C7H8.C6H6.H2S/c1-7-5-3-2-4-6-7;1-2-4-6-5-3-1;/h2-6H,1H3;1-6H;1H2. The van der Waals surface area contributed by atoms with E-state index in [1.807, 2.05) is 54.6 Å². The molecule has 2 rings (SSSR count). The van der Waals surface area contributed by atoms with Crippen molar-refractivity contribution in [3.05, 3.63) is 72.3 Å². The molecule has 0 N–H and O–H groups in total. The third-order valence-electron chi connectivity index (χ3n) is 1.61. The highest BCUT2D eigenvalue weighted by atomic mass is 32.1. The van der Waals surface area contributed by atoms with E-state index in [2.05, 4.69) is 19.1 Å². The number of benzene rings is 2. The first-order chi connectivity index (χ1) is 6.39. The van der Waals surface area contributed by atoms with Crippen molar-refractivity contribution in [3.8, 4) is 0 Å². The Hall–Kier alpha value is -1.21. The molecule has 0 amide bonds. The largest absolute Gasteiger partial charge is 0.197 e. The second-order valence-corrected chi connectivity index (χ2v) is 2.81. The van der Waals surface area contributed by atoms with Crippen LogP contribution in [0, 0.1) is 6.92 Å². The summed E-state index contributed by atoms with van der Waals surface area (Å²) < 4.78 is 0. The summed E-state index contributed by atoms with van der Waals surface area (Å²) in [6.07, 6.45) is 0. The van der Waals surface area contributed by atoms with E-state index in [-0.39, 0.29) is 13.5 Å². The molecule has 0 radical (unpaired) electrons. The van der Waals surface area contributed by atoms with Crippen molar-refractivity contribution in [2.24, 2.45) is 0 Å². The summed E-state index contributed by atoms with van der Waals surface area (Å²) in [6.45, 7) is 2.08. The molecular weight excluding hydrogens is 188 g/mol. The van der Waals surface area contributed by atoms with Crippen molar-refractivity contribution >= 4 is 13.5 Å². The lowest BCUT2D eigenvalue weighted by Gasteiger charge is -1.82. The van der Waals surface area contributed by atoms with E-state index < -0.39 is 0 Å². The van der Waals surface area contributed by atoms with Gasteiger partial charge in [-0.25, -0.2) is 0 Å². The maximum absolute atomic E-state index is 2.08. The van der Waals surface area contributed by atoms with Gasteiger partial charge in [-0.05, 0) is 6.92 Å². The highest BCUT2D eigenvalue weighted by molar-refractivity contribution is 7.59. The Bertz CT molecular complexity index is 276. The minimum atomic E-state index is 0. The summed E-state index contributed by atoms with van der Waals surface area (Å²) >= 11 is 0. The fourth-order valence-electron chi connectivity index (χ4n) is 0.919. The molecule has 2 aromatic carbocycles. The van der Waals surface area contributed by atoms with Crippen LogP contribution in [0.4, 0.5) is 0 Å². The average Bonchev–Trinajstić information content (AvgIpc) is 2.22. The second kappa shape index (κ2) is 8.39. The number of hydrogen-bond donors (Lipinski definition) is 0. The first kappa shape index (κ1) is 12.8. The fraction of sp³-hybridized carbons (Fsp3) is 0.0769. The second-order valence-electron chi connectivity index (χ2n) is 2.81. The molecule has 0 aliphatic rings. The van der Waals surface area contributed by atoms with Gasteiger partial charge in [0.1, 0.15) is 0 Å². The summed E-state index contributed by atoms with van der Waals surface area (Å²) in [5, 5.41) is 0. The molecule has 0 aliphatic heterocycles. The zero-order valence-electron chi connectivity index (χ0n) is 8.35. The third-order valence-corrected chi connectivity index (χ3v) is 1.61. The Morgan fingerprint density at radius 1 is 0.571 bits per heavy atom. The van der Waals surface area contributed by atoms with Gasteiger partial charge in [-0.2, -0.15) is 13.5 Å². The molecule has 2 aromatic rings. The molecule has 0 nitrogen and oxygen atoms in total. The quantitative estimate of drug-likeness (QED) is 0.612. The van der Waals surface area contributed by atoms with Crippen molar-refractivity contribution in [2.75, 3.05) is 0 Å². The van der Waals surface area contributed by atoms with Crippen molar-refractivity contribution < 1.29 is 0 Å². The lowest BCUT2D eigenvalue weighted by molar-refractivity contribution is 1.48. The lowest BCUT2D eigenvalue weighted by atomic mass is 10.2. The maximum Gasteiger partial charge on any atom is -0.0398 e. The van der Waals surface area contributed by atoms with Gasteiger partial charge in [0.25, 0.3) is 0 Å². The molecule has 74 valence electrons. The van der Waals surface area contributed by atoms with Crippen molar-refractivity contribution in [2.45, 2.75) is 6.92 Å². The fourth-order valence-corrected chi connectivity index (χ4v) is 0.919. The first-order valence-corrected chi connectivity index (χ1v) is 4.41. The summed E-state index contributed by atoms with van der Waals surface area (Å²) in [5.41, 5.74) is 1.32.